The summed E-state index contributed by atoms with van der Waals surface area (Å²) in [7, 11) is 0. The second-order valence-electron chi connectivity index (χ2n) is 4.48. The van der Waals surface area contributed by atoms with Crippen molar-refractivity contribution >= 4 is 0 Å². The van der Waals surface area contributed by atoms with E-state index in [0.717, 1.165) is 0 Å². The molecule has 0 spiro atoms. The van der Waals surface area contributed by atoms with E-state index in [-0.39, 0.29) is 18.8 Å². The largest absolute Gasteiger partial charge is 0.439 e. The van der Waals surface area contributed by atoms with E-state index in [9.17, 15) is 20.4 Å². The summed E-state index contributed by atoms with van der Waals surface area (Å²) < 4.78 is 4.93. The average Bonchev–Trinajstić information content (AvgIpc) is 2.65. The summed E-state index contributed by atoms with van der Waals surface area (Å²) in [6.45, 7) is 0. The molecule has 0 saturated heterocycles. The molecule has 0 bridgehead atoms. The molecule has 0 radical (unpaired) electrons. The lowest BCUT2D eigenvalue weighted by atomic mass is 10.00. The van der Waals surface area contributed by atoms with Gasteiger partial charge < -0.3 is 25.2 Å². The lowest BCUT2D eigenvalue weighted by Crippen LogP contribution is -2.32. The zero-order valence-electron chi connectivity index (χ0n) is 8.42. The van der Waals surface area contributed by atoms with Gasteiger partial charge >= 0.3 is 5.97 Å². The van der Waals surface area contributed by atoms with Gasteiger partial charge in [-0.3, -0.25) is 0 Å². The van der Waals surface area contributed by atoms with Crippen molar-refractivity contribution < 1.29 is 25.2 Å². The van der Waals surface area contributed by atoms with E-state index in [2.05, 4.69) is 0 Å². The van der Waals surface area contributed by atoms with E-state index >= 15 is 0 Å². The molecule has 1 aliphatic heterocycles. The first-order valence-electron chi connectivity index (χ1n) is 5.09. The van der Waals surface area contributed by atoms with Crippen LogP contribution in [0, 0.1) is 0 Å². The molecular weight excluding hydrogens is 212 g/mol. The van der Waals surface area contributed by atoms with Crippen molar-refractivity contribution in [1.29, 1.82) is 0 Å². The second-order valence-corrected chi connectivity index (χ2v) is 4.48. The van der Waals surface area contributed by atoms with Crippen LogP contribution in [0.2, 0.25) is 0 Å². The van der Waals surface area contributed by atoms with Crippen LogP contribution < -0.4 is 4.74 Å². The predicted octanol–water partition coefficient (Wildman–Crippen LogP) is -0.572. The molecule has 3 rings (SSSR count). The van der Waals surface area contributed by atoms with Gasteiger partial charge in [-0.2, -0.15) is 0 Å². The summed E-state index contributed by atoms with van der Waals surface area (Å²) >= 11 is 0. The normalized spacial score (nSPS) is 28.4. The fourth-order valence-corrected chi connectivity index (χ4v) is 2.24. The molecule has 5 nitrogen and oxygen atoms in total. The van der Waals surface area contributed by atoms with Crippen LogP contribution in [0.1, 0.15) is 23.5 Å². The van der Waals surface area contributed by atoms with Gasteiger partial charge in [0.25, 0.3) is 0 Å². The topological polar surface area (TPSA) is 90.2 Å². The Labute approximate surface area is 91.5 Å². The molecule has 1 heterocycles. The van der Waals surface area contributed by atoms with Gasteiger partial charge in [0.05, 0.1) is 6.42 Å². The van der Waals surface area contributed by atoms with Crippen molar-refractivity contribution in [3.8, 4) is 5.75 Å². The van der Waals surface area contributed by atoms with E-state index in [1.54, 1.807) is 18.2 Å². The third-order valence-corrected chi connectivity index (χ3v) is 3.13. The smallest absolute Gasteiger partial charge is 0.326 e. The summed E-state index contributed by atoms with van der Waals surface area (Å²) in [6.07, 6.45) is 0.221. The summed E-state index contributed by atoms with van der Waals surface area (Å²) in [5, 5.41) is 37.6. The Balaban J connectivity index is 2.02. The fraction of sp³-hybridized carbons (Fsp3) is 0.455. The Kier molecular flexibility index (Phi) is 1.73. The summed E-state index contributed by atoms with van der Waals surface area (Å²) in [5.41, 5.74) is 1.36. The van der Waals surface area contributed by atoms with Crippen LogP contribution in [-0.4, -0.2) is 32.2 Å². The maximum absolute atomic E-state index is 9.40. The molecule has 86 valence electrons. The Morgan fingerprint density at radius 3 is 2.50 bits per heavy atom. The Bertz CT molecular complexity index is 452. The highest BCUT2D eigenvalue weighted by atomic mass is 16.8. The molecule has 0 aromatic heterocycles. The van der Waals surface area contributed by atoms with Crippen molar-refractivity contribution in [3.05, 3.63) is 29.3 Å². The van der Waals surface area contributed by atoms with Gasteiger partial charge in [0.2, 0.25) is 0 Å². The van der Waals surface area contributed by atoms with Crippen molar-refractivity contribution in [3.63, 3.8) is 0 Å². The van der Waals surface area contributed by atoms with Gasteiger partial charge in [0, 0.05) is 17.9 Å². The molecule has 1 atom stereocenters. The van der Waals surface area contributed by atoms with Gasteiger partial charge in [-0.1, -0.05) is 12.1 Å². The van der Waals surface area contributed by atoms with Gasteiger partial charge in [0.1, 0.15) is 5.75 Å². The lowest BCUT2D eigenvalue weighted by Gasteiger charge is -2.12. The maximum atomic E-state index is 9.40. The summed E-state index contributed by atoms with van der Waals surface area (Å²) in [5.74, 6) is -3.81. The molecule has 1 aromatic rings. The minimum Gasteiger partial charge on any atom is -0.439 e. The molecule has 1 saturated carbocycles. The number of ether oxygens (including phenoxy) is 1. The van der Waals surface area contributed by atoms with E-state index in [4.69, 9.17) is 4.74 Å². The monoisotopic (exact) mass is 224 g/mol. The quantitative estimate of drug-likeness (QED) is 0.479. The molecule has 1 fully saturated rings. The standard InChI is InChI=1S/C11H12O5/c12-10(13)5-8(10)6-2-1-3-9-7(6)4-11(14,15)16-9/h1-3,8,12-15H,4-5H2. The molecule has 16 heavy (non-hydrogen) atoms. The first kappa shape index (κ1) is 10.0. The number of rotatable bonds is 1. The molecule has 1 aliphatic carbocycles. The van der Waals surface area contributed by atoms with Crippen LogP contribution in [0.3, 0.4) is 0 Å². The van der Waals surface area contributed by atoms with Crippen molar-refractivity contribution in [1.82, 2.24) is 0 Å². The Morgan fingerprint density at radius 1 is 1.19 bits per heavy atom. The van der Waals surface area contributed by atoms with Gasteiger partial charge in [-0.05, 0) is 11.6 Å². The highest BCUT2D eigenvalue weighted by molar-refractivity contribution is 5.48. The summed E-state index contributed by atoms with van der Waals surface area (Å²) in [6, 6.07) is 5.08. The molecule has 2 aliphatic rings. The first-order valence-corrected chi connectivity index (χ1v) is 5.09. The SMILES string of the molecule is OC1(O)Cc2c(cccc2C2CC2(O)O)O1. The van der Waals surface area contributed by atoms with E-state index in [1.807, 2.05) is 0 Å². The highest BCUT2D eigenvalue weighted by Crippen LogP contribution is 2.52. The van der Waals surface area contributed by atoms with Crippen molar-refractivity contribution in [2.75, 3.05) is 0 Å². The molecule has 4 N–H and O–H groups in total. The molecule has 5 heteroatoms. The van der Waals surface area contributed by atoms with Crippen molar-refractivity contribution in [2.45, 2.75) is 30.5 Å². The number of aliphatic hydroxyl groups is 4. The van der Waals surface area contributed by atoms with Gasteiger partial charge in [-0.15, -0.1) is 0 Å². The number of benzene rings is 1. The minimum atomic E-state index is -2.18. The first-order chi connectivity index (χ1) is 7.39. The average molecular weight is 224 g/mol. The van der Waals surface area contributed by atoms with E-state index in [0.29, 0.717) is 16.9 Å². The zero-order chi connectivity index (χ0) is 11.6. The van der Waals surface area contributed by atoms with Crippen LogP contribution in [0.4, 0.5) is 0 Å². The number of hydrogen-bond donors (Lipinski definition) is 4. The number of hydrogen-bond acceptors (Lipinski definition) is 5. The van der Waals surface area contributed by atoms with Crippen LogP contribution in [0.25, 0.3) is 0 Å². The molecule has 1 aromatic carbocycles. The third-order valence-electron chi connectivity index (χ3n) is 3.13. The van der Waals surface area contributed by atoms with Gasteiger partial charge in [-0.25, -0.2) is 0 Å². The zero-order valence-corrected chi connectivity index (χ0v) is 8.42. The highest BCUT2D eigenvalue weighted by Gasteiger charge is 2.54. The second kappa shape index (κ2) is 2.75. The van der Waals surface area contributed by atoms with E-state index in [1.165, 1.54) is 0 Å². The maximum Gasteiger partial charge on any atom is 0.326 e. The Morgan fingerprint density at radius 2 is 1.88 bits per heavy atom. The summed E-state index contributed by atoms with van der Waals surface area (Å²) in [4.78, 5) is 0. The van der Waals surface area contributed by atoms with Crippen LogP contribution in [0.15, 0.2) is 18.2 Å². The molecule has 1 unspecified atom stereocenters. The molecular formula is C11H12O5. The lowest BCUT2D eigenvalue weighted by molar-refractivity contribution is -0.279. The van der Waals surface area contributed by atoms with Crippen LogP contribution in [0.5, 0.6) is 5.75 Å². The van der Waals surface area contributed by atoms with Crippen molar-refractivity contribution in [2.24, 2.45) is 0 Å². The van der Waals surface area contributed by atoms with Gasteiger partial charge in [0.15, 0.2) is 5.79 Å². The third kappa shape index (κ3) is 1.41. The minimum absolute atomic E-state index is 0.0505. The van der Waals surface area contributed by atoms with Crippen LogP contribution in [-0.2, 0) is 6.42 Å². The molecule has 0 amide bonds. The van der Waals surface area contributed by atoms with Crippen LogP contribution >= 0.6 is 0 Å². The Hall–Kier alpha value is -1.14. The predicted molar refractivity (Wildman–Crippen MR) is 52.5 cm³/mol. The van der Waals surface area contributed by atoms with E-state index < -0.39 is 11.8 Å². The number of fused-ring (bicyclic) bond motifs is 1. The fourth-order valence-electron chi connectivity index (χ4n) is 2.24.